The molecular formula is C41H28N6O15S4. The number of nitrogens with zero attached hydrogens (tertiary/aromatic N) is 4. The van der Waals surface area contributed by atoms with E-state index in [0.29, 0.717) is 0 Å². The number of nitrogens with one attached hydrogen (secondary N) is 2. The Morgan fingerprint density at radius 2 is 0.742 bits per heavy atom. The minimum atomic E-state index is -5.10. The van der Waals surface area contributed by atoms with Crippen LogP contribution < -0.4 is 10.6 Å². The van der Waals surface area contributed by atoms with E-state index < -0.39 is 89.0 Å². The molecule has 8 N–H and O–H groups in total. The van der Waals surface area contributed by atoms with E-state index in [1.165, 1.54) is 97.1 Å². The summed E-state index contributed by atoms with van der Waals surface area (Å²) < 4.78 is 137. The second-order valence-corrected chi connectivity index (χ2v) is 19.7. The van der Waals surface area contributed by atoms with Crippen molar-refractivity contribution in [3.8, 4) is 11.5 Å². The molecule has 0 fully saturated rings. The van der Waals surface area contributed by atoms with Crippen LogP contribution in [0.2, 0.25) is 0 Å². The first-order valence-corrected chi connectivity index (χ1v) is 24.2. The standard InChI is InChI=1S/C41H28N6O15S4/c48-39-25-15-13-23(17-21(25)19-35(65(57,58)59)37(39)46-44-31-9-1-7-29-27(31)5-3-11-33(29)63(51,52)53)42-41(50)43-24-14-16-26-22(18-24)20-36(66(60,61)62)38(40(26)49)47-45-32-10-2-8-30-28(32)6-4-12-34(30)64(54,55)56/h1-20,48-49H,(H2,42,43,50)(H,51,52,53)(H,54,55,56)(H,57,58,59)(H,60,61,62). The number of hydrogen-bond acceptors (Lipinski definition) is 15. The fraction of sp³-hybridized carbons (Fsp3) is 0. The van der Waals surface area contributed by atoms with E-state index in [0.717, 1.165) is 24.3 Å². The van der Waals surface area contributed by atoms with E-state index in [1.807, 2.05) is 0 Å². The zero-order chi connectivity index (χ0) is 47.5. The van der Waals surface area contributed by atoms with Gasteiger partial charge in [0.15, 0.2) is 11.5 Å². The molecule has 0 heterocycles. The van der Waals surface area contributed by atoms with Crippen molar-refractivity contribution in [1.82, 2.24) is 0 Å². The highest BCUT2D eigenvalue weighted by atomic mass is 32.2. The number of phenols is 2. The lowest BCUT2D eigenvalue weighted by Gasteiger charge is -2.13. The number of aromatic hydroxyl groups is 2. The van der Waals surface area contributed by atoms with Crippen LogP contribution in [0.5, 0.6) is 11.5 Å². The van der Waals surface area contributed by atoms with Gasteiger partial charge in [-0.2, -0.15) is 33.7 Å². The maximum absolute atomic E-state index is 13.2. The maximum atomic E-state index is 13.2. The molecule has 8 aromatic carbocycles. The number of urea groups is 1. The highest BCUT2D eigenvalue weighted by Crippen LogP contribution is 2.44. The molecule has 2 amide bonds. The van der Waals surface area contributed by atoms with Gasteiger partial charge in [0.2, 0.25) is 0 Å². The van der Waals surface area contributed by atoms with Crippen molar-refractivity contribution in [1.29, 1.82) is 0 Å². The summed E-state index contributed by atoms with van der Waals surface area (Å²) in [5.74, 6) is -1.48. The third kappa shape index (κ3) is 8.82. The number of fused-ring (bicyclic) bond motifs is 4. The van der Waals surface area contributed by atoms with E-state index in [2.05, 4.69) is 31.1 Å². The first-order valence-electron chi connectivity index (χ1n) is 18.4. The van der Waals surface area contributed by atoms with Crippen LogP contribution in [0.4, 0.5) is 38.9 Å². The van der Waals surface area contributed by atoms with Gasteiger partial charge in [0.25, 0.3) is 40.5 Å². The molecule has 0 bridgehead atoms. The van der Waals surface area contributed by atoms with Crippen LogP contribution in [0.25, 0.3) is 43.1 Å². The van der Waals surface area contributed by atoms with E-state index in [4.69, 9.17) is 0 Å². The van der Waals surface area contributed by atoms with Gasteiger partial charge >= 0.3 is 6.03 Å². The van der Waals surface area contributed by atoms with Crippen molar-refractivity contribution < 1.29 is 66.9 Å². The highest BCUT2D eigenvalue weighted by molar-refractivity contribution is 7.86. The number of azo groups is 2. The predicted molar refractivity (Wildman–Crippen MR) is 239 cm³/mol. The second kappa shape index (κ2) is 16.5. The molecule has 66 heavy (non-hydrogen) atoms. The summed E-state index contributed by atoms with van der Waals surface area (Å²) in [4.78, 5) is 10.6. The lowest BCUT2D eigenvalue weighted by molar-refractivity contribution is 0.262. The third-order valence-electron chi connectivity index (χ3n) is 9.96. The quantitative estimate of drug-likeness (QED) is 0.0467. The molecule has 8 aromatic rings. The van der Waals surface area contributed by atoms with E-state index in [9.17, 15) is 66.9 Å². The van der Waals surface area contributed by atoms with Crippen molar-refractivity contribution >= 4 is 124 Å². The lowest BCUT2D eigenvalue weighted by atomic mass is 10.1. The van der Waals surface area contributed by atoms with Crippen LogP contribution in [0.1, 0.15) is 0 Å². The second-order valence-electron chi connectivity index (χ2n) is 14.2. The minimum Gasteiger partial charge on any atom is -0.505 e. The van der Waals surface area contributed by atoms with Crippen molar-refractivity contribution in [2.24, 2.45) is 20.5 Å². The smallest absolute Gasteiger partial charge is 0.323 e. The summed E-state index contributed by atoms with van der Waals surface area (Å²) in [5, 5.41) is 43.7. The van der Waals surface area contributed by atoms with Gasteiger partial charge in [-0.05, 0) is 83.6 Å². The highest BCUT2D eigenvalue weighted by Gasteiger charge is 2.25. The zero-order valence-corrected chi connectivity index (χ0v) is 36.1. The van der Waals surface area contributed by atoms with Gasteiger partial charge in [-0.1, -0.05) is 48.5 Å². The maximum Gasteiger partial charge on any atom is 0.323 e. The molecule has 0 aliphatic heterocycles. The van der Waals surface area contributed by atoms with Crippen molar-refractivity contribution in [2.75, 3.05) is 10.6 Å². The molecule has 0 spiro atoms. The van der Waals surface area contributed by atoms with Gasteiger partial charge < -0.3 is 20.8 Å². The number of rotatable bonds is 10. The Morgan fingerprint density at radius 1 is 0.394 bits per heavy atom. The Labute approximate surface area is 372 Å². The normalized spacial score (nSPS) is 12.8. The Bertz CT molecular complexity index is 3690. The van der Waals surface area contributed by atoms with Crippen LogP contribution in [0.3, 0.4) is 0 Å². The van der Waals surface area contributed by atoms with Crippen LogP contribution in [-0.4, -0.2) is 68.1 Å². The predicted octanol–water partition coefficient (Wildman–Crippen LogP) is 9.17. The molecule has 0 radical (unpaired) electrons. The molecule has 0 saturated heterocycles. The number of anilines is 2. The molecule has 25 heteroatoms. The Kier molecular flexibility index (Phi) is 11.3. The molecule has 336 valence electrons. The molecule has 0 aliphatic rings. The average molecular weight is 973 g/mol. The first kappa shape index (κ1) is 45.1. The van der Waals surface area contributed by atoms with Crippen molar-refractivity contribution in [2.45, 2.75) is 19.6 Å². The van der Waals surface area contributed by atoms with E-state index in [-0.39, 0.29) is 65.8 Å². The molecule has 0 aliphatic carbocycles. The number of carbonyl (C=O) groups is 1. The van der Waals surface area contributed by atoms with Gasteiger partial charge in [-0.25, -0.2) is 4.79 Å². The monoisotopic (exact) mass is 972 g/mol. The van der Waals surface area contributed by atoms with Crippen LogP contribution in [0.15, 0.2) is 161 Å². The number of benzene rings is 8. The third-order valence-corrected chi connectivity index (χ3v) is 13.5. The van der Waals surface area contributed by atoms with Gasteiger partial charge in [-0.15, -0.1) is 20.5 Å². The minimum absolute atomic E-state index is 0.000163. The first-order chi connectivity index (χ1) is 31.0. The number of hydrogen-bond donors (Lipinski definition) is 8. The molecule has 0 saturated carbocycles. The van der Waals surface area contributed by atoms with Crippen LogP contribution >= 0.6 is 0 Å². The molecule has 8 rings (SSSR count). The van der Waals surface area contributed by atoms with Gasteiger partial charge in [0.05, 0.1) is 11.4 Å². The lowest BCUT2D eigenvalue weighted by Crippen LogP contribution is -2.19. The average Bonchev–Trinajstić information content (AvgIpc) is 3.23. The van der Waals surface area contributed by atoms with Gasteiger partial charge in [0, 0.05) is 43.7 Å². The summed E-state index contributed by atoms with van der Waals surface area (Å²) in [7, 11) is -19.5. The van der Waals surface area contributed by atoms with Crippen molar-refractivity contribution in [3.05, 3.63) is 121 Å². The van der Waals surface area contributed by atoms with Crippen molar-refractivity contribution in [3.63, 3.8) is 0 Å². The SMILES string of the molecule is O=C(Nc1ccc2c(O)c(N=Nc3cccc4c(S(=O)(=O)O)cccc34)c(S(=O)(=O)O)cc2c1)Nc1ccc2c(O)c(N=Nc3cccc4c(S(=O)(=O)O)cccc34)c(S(=O)(=O)O)cc2c1. The van der Waals surface area contributed by atoms with Crippen LogP contribution in [0, 0.1) is 0 Å². The zero-order valence-electron chi connectivity index (χ0n) is 32.8. The summed E-state index contributed by atoms with van der Waals surface area (Å²) in [6, 6.07) is 25.1. The molecular weight excluding hydrogens is 945 g/mol. The van der Waals surface area contributed by atoms with Gasteiger partial charge in [-0.3, -0.25) is 18.2 Å². The number of amides is 2. The topological polar surface area (TPSA) is 349 Å². The molecule has 21 nitrogen and oxygen atoms in total. The number of carbonyl (C=O) groups excluding carboxylic acids is 1. The molecule has 0 aromatic heterocycles. The fourth-order valence-electron chi connectivity index (χ4n) is 7.10. The Balaban J connectivity index is 1.07. The Morgan fingerprint density at radius 3 is 1.11 bits per heavy atom. The Hall–Kier alpha value is -7.49. The van der Waals surface area contributed by atoms with Crippen LogP contribution in [-0.2, 0) is 40.5 Å². The largest absolute Gasteiger partial charge is 0.505 e. The summed E-state index contributed by atoms with van der Waals surface area (Å²) in [6.45, 7) is 0. The fourth-order valence-corrected chi connectivity index (χ4v) is 9.83. The molecule has 0 unspecified atom stereocenters. The molecule has 0 atom stereocenters. The van der Waals surface area contributed by atoms with E-state index >= 15 is 0 Å². The summed E-state index contributed by atoms with van der Waals surface area (Å²) in [6.07, 6.45) is 0. The van der Waals surface area contributed by atoms with Gasteiger partial charge in [0.1, 0.15) is 31.0 Å². The van der Waals surface area contributed by atoms with E-state index in [1.54, 1.807) is 0 Å². The summed E-state index contributed by atoms with van der Waals surface area (Å²) >= 11 is 0. The number of phenolic OH excluding ortho intramolecular Hbond substituents is 2. The summed E-state index contributed by atoms with van der Waals surface area (Å²) in [5.41, 5.74) is -1.24.